The number of nitrogens with zero attached hydrogens (tertiary/aromatic N) is 1. The quantitative estimate of drug-likeness (QED) is 0.846. The maximum atomic E-state index is 3.55. The van der Waals surface area contributed by atoms with Crippen molar-refractivity contribution in [2.75, 3.05) is 26.2 Å². The Balaban J connectivity index is 1.92. The highest BCUT2D eigenvalue weighted by Gasteiger charge is 2.23. The summed E-state index contributed by atoms with van der Waals surface area (Å²) in [5.74, 6) is 0.821. The second-order valence-corrected chi connectivity index (χ2v) is 5.94. The van der Waals surface area contributed by atoms with E-state index in [1.54, 1.807) is 0 Å². The molecule has 2 heteroatoms. The first kappa shape index (κ1) is 14.5. The molecule has 1 heterocycles. The minimum atomic E-state index is 0.662. The van der Waals surface area contributed by atoms with Crippen LogP contribution in [0.1, 0.15) is 32.3 Å². The van der Waals surface area contributed by atoms with Crippen LogP contribution in [0.3, 0.4) is 0 Å². The number of nitrogens with one attached hydrogen (secondary N) is 1. The zero-order chi connectivity index (χ0) is 13.5. The summed E-state index contributed by atoms with van der Waals surface area (Å²) in [6.45, 7) is 9.41. The van der Waals surface area contributed by atoms with Crippen LogP contribution < -0.4 is 5.32 Å². The first-order valence-corrected chi connectivity index (χ1v) is 7.78. The third-order valence-corrected chi connectivity index (χ3v) is 4.11. The van der Waals surface area contributed by atoms with E-state index < -0.39 is 0 Å². The first-order chi connectivity index (χ1) is 9.29. The Hall–Kier alpha value is -0.860. The molecule has 0 radical (unpaired) electrons. The van der Waals surface area contributed by atoms with Crippen molar-refractivity contribution in [3.63, 3.8) is 0 Å². The Morgan fingerprint density at radius 3 is 2.84 bits per heavy atom. The van der Waals surface area contributed by atoms with Crippen molar-refractivity contribution < 1.29 is 0 Å². The molecule has 1 aromatic rings. The highest BCUT2D eigenvalue weighted by molar-refractivity contribution is 5.16. The summed E-state index contributed by atoms with van der Waals surface area (Å²) >= 11 is 0. The van der Waals surface area contributed by atoms with Crippen molar-refractivity contribution >= 4 is 0 Å². The molecule has 2 unspecified atom stereocenters. The predicted octanol–water partition coefficient (Wildman–Crippen LogP) is 2.94. The monoisotopic (exact) mass is 260 g/mol. The summed E-state index contributed by atoms with van der Waals surface area (Å²) in [4.78, 5) is 2.70. The molecule has 0 spiro atoms. The lowest BCUT2D eigenvalue weighted by Crippen LogP contribution is -2.53. The maximum Gasteiger partial charge on any atom is 0.0261 e. The molecule has 2 nitrogen and oxygen atoms in total. The van der Waals surface area contributed by atoms with Gasteiger partial charge in [-0.15, -0.1) is 0 Å². The molecule has 106 valence electrons. The van der Waals surface area contributed by atoms with E-state index in [9.17, 15) is 0 Å². The average molecular weight is 260 g/mol. The highest BCUT2D eigenvalue weighted by Crippen LogP contribution is 2.15. The second kappa shape index (κ2) is 7.66. The Morgan fingerprint density at radius 1 is 1.32 bits per heavy atom. The van der Waals surface area contributed by atoms with Crippen LogP contribution in [0.2, 0.25) is 0 Å². The lowest BCUT2D eigenvalue weighted by molar-refractivity contribution is 0.137. The van der Waals surface area contributed by atoms with Gasteiger partial charge in [-0.05, 0) is 24.3 Å². The molecule has 0 amide bonds. The van der Waals surface area contributed by atoms with Crippen molar-refractivity contribution in [1.82, 2.24) is 10.2 Å². The van der Waals surface area contributed by atoms with Gasteiger partial charge in [0.25, 0.3) is 0 Å². The number of piperazine rings is 1. The molecule has 2 rings (SSSR count). The molecule has 0 bridgehead atoms. The standard InChI is InChI=1S/C17H28N2/c1-3-7-15(2)14-19-11-10-18-13-17(19)12-16-8-5-4-6-9-16/h4-6,8-9,15,17-18H,3,7,10-14H2,1-2H3. The molecule has 0 aromatic heterocycles. The molecule has 1 saturated heterocycles. The maximum absolute atomic E-state index is 3.55. The lowest BCUT2D eigenvalue weighted by Gasteiger charge is -2.38. The second-order valence-electron chi connectivity index (χ2n) is 5.94. The van der Waals surface area contributed by atoms with Crippen molar-refractivity contribution in [1.29, 1.82) is 0 Å². The largest absolute Gasteiger partial charge is 0.314 e. The number of hydrogen-bond acceptors (Lipinski definition) is 2. The Morgan fingerprint density at radius 2 is 2.11 bits per heavy atom. The van der Waals surface area contributed by atoms with Crippen LogP contribution in [0.15, 0.2) is 30.3 Å². The van der Waals surface area contributed by atoms with Crippen LogP contribution in [0.5, 0.6) is 0 Å². The summed E-state index contributed by atoms with van der Waals surface area (Å²) in [5, 5.41) is 3.55. The molecule has 2 atom stereocenters. The van der Waals surface area contributed by atoms with E-state index in [1.807, 2.05) is 0 Å². The molecule has 1 fully saturated rings. The molecule has 1 aliphatic heterocycles. The Labute approximate surface area is 118 Å². The summed E-state index contributed by atoms with van der Waals surface area (Å²) in [7, 11) is 0. The molecule has 1 aliphatic rings. The average Bonchev–Trinajstić information content (AvgIpc) is 2.42. The first-order valence-electron chi connectivity index (χ1n) is 7.78. The molecular formula is C17H28N2. The Bertz CT molecular complexity index is 350. The van der Waals surface area contributed by atoms with Gasteiger partial charge < -0.3 is 5.32 Å². The Kier molecular flexibility index (Phi) is 5.87. The van der Waals surface area contributed by atoms with Crippen LogP contribution in [-0.4, -0.2) is 37.1 Å². The van der Waals surface area contributed by atoms with Gasteiger partial charge >= 0.3 is 0 Å². The molecule has 0 saturated carbocycles. The van der Waals surface area contributed by atoms with Gasteiger partial charge in [0.05, 0.1) is 0 Å². The van der Waals surface area contributed by atoms with E-state index >= 15 is 0 Å². The van der Waals surface area contributed by atoms with Gasteiger partial charge in [0.2, 0.25) is 0 Å². The van der Waals surface area contributed by atoms with E-state index in [1.165, 1.54) is 37.9 Å². The van der Waals surface area contributed by atoms with Gasteiger partial charge in [0, 0.05) is 32.2 Å². The number of hydrogen-bond donors (Lipinski definition) is 1. The van der Waals surface area contributed by atoms with E-state index in [4.69, 9.17) is 0 Å². The van der Waals surface area contributed by atoms with E-state index in [0.717, 1.165) is 19.0 Å². The fourth-order valence-corrected chi connectivity index (χ4v) is 3.12. The molecule has 1 N–H and O–H groups in total. The van der Waals surface area contributed by atoms with E-state index in [2.05, 4.69) is 54.4 Å². The van der Waals surface area contributed by atoms with E-state index in [-0.39, 0.29) is 0 Å². The van der Waals surface area contributed by atoms with Gasteiger partial charge in [0.1, 0.15) is 0 Å². The van der Waals surface area contributed by atoms with Crippen molar-refractivity contribution in [3.05, 3.63) is 35.9 Å². The summed E-state index contributed by atoms with van der Waals surface area (Å²) < 4.78 is 0. The van der Waals surface area contributed by atoms with Crippen LogP contribution in [-0.2, 0) is 6.42 Å². The molecule has 1 aromatic carbocycles. The summed E-state index contributed by atoms with van der Waals surface area (Å²) in [6.07, 6.45) is 3.82. The third-order valence-electron chi connectivity index (χ3n) is 4.11. The highest BCUT2D eigenvalue weighted by atomic mass is 15.2. The van der Waals surface area contributed by atoms with E-state index in [0.29, 0.717) is 6.04 Å². The topological polar surface area (TPSA) is 15.3 Å². The number of rotatable bonds is 6. The zero-order valence-electron chi connectivity index (χ0n) is 12.4. The third kappa shape index (κ3) is 4.63. The molecular weight excluding hydrogens is 232 g/mol. The predicted molar refractivity (Wildman–Crippen MR) is 82.4 cm³/mol. The van der Waals surface area contributed by atoms with Gasteiger partial charge in [-0.2, -0.15) is 0 Å². The van der Waals surface area contributed by atoms with Crippen molar-refractivity contribution in [3.8, 4) is 0 Å². The molecule has 19 heavy (non-hydrogen) atoms. The van der Waals surface area contributed by atoms with Crippen LogP contribution >= 0.6 is 0 Å². The summed E-state index contributed by atoms with van der Waals surface area (Å²) in [6, 6.07) is 11.6. The van der Waals surface area contributed by atoms with Gasteiger partial charge in [-0.25, -0.2) is 0 Å². The normalized spacial score (nSPS) is 22.3. The molecule has 0 aliphatic carbocycles. The fraction of sp³-hybridized carbons (Fsp3) is 0.647. The van der Waals surface area contributed by atoms with Crippen molar-refractivity contribution in [2.45, 2.75) is 39.2 Å². The van der Waals surface area contributed by atoms with Crippen molar-refractivity contribution in [2.24, 2.45) is 5.92 Å². The van der Waals surface area contributed by atoms with Gasteiger partial charge in [-0.3, -0.25) is 4.90 Å². The summed E-state index contributed by atoms with van der Waals surface area (Å²) in [5.41, 5.74) is 1.46. The lowest BCUT2D eigenvalue weighted by atomic mass is 9.99. The fourth-order valence-electron chi connectivity index (χ4n) is 3.12. The minimum Gasteiger partial charge on any atom is -0.314 e. The van der Waals surface area contributed by atoms with Crippen LogP contribution in [0, 0.1) is 5.92 Å². The van der Waals surface area contributed by atoms with Crippen LogP contribution in [0.4, 0.5) is 0 Å². The van der Waals surface area contributed by atoms with Crippen LogP contribution in [0.25, 0.3) is 0 Å². The zero-order valence-corrected chi connectivity index (χ0v) is 12.4. The smallest absolute Gasteiger partial charge is 0.0261 e. The van der Waals surface area contributed by atoms with Gasteiger partial charge in [0.15, 0.2) is 0 Å². The minimum absolute atomic E-state index is 0.662. The SMILES string of the molecule is CCCC(C)CN1CCNCC1Cc1ccccc1. The number of benzene rings is 1. The van der Waals surface area contributed by atoms with Gasteiger partial charge in [-0.1, -0.05) is 50.6 Å².